The zero-order chi connectivity index (χ0) is 15.8. The summed E-state index contributed by atoms with van der Waals surface area (Å²) in [5.74, 6) is 2.71. The van der Waals surface area contributed by atoms with Crippen LogP contribution in [-0.2, 0) is 11.3 Å². The number of aromatic nitrogens is 1. The van der Waals surface area contributed by atoms with Gasteiger partial charge in [-0.1, -0.05) is 12.0 Å². The lowest BCUT2D eigenvalue weighted by molar-refractivity contribution is 0.0556. The highest BCUT2D eigenvalue weighted by Crippen LogP contribution is 2.29. The van der Waals surface area contributed by atoms with Crippen molar-refractivity contribution in [2.45, 2.75) is 6.61 Å². The zero-order valence-corrected chi connectivity index (χ0v) is 12.1. The standard InChI is InChI=1S/C17H15NO4/c1-3-9-21-17(19)14-6-7-15(20-2)16(10-14)22-12-13-5-4-8-18-11-13/h1,4-8,10-11H,9,12H2,2H3. The Kier molecular flexibility index (Phi) is 5.38. The fraction of sp³-hybridized carbons (Fsp3) is 0.176. The number of hydrogen-bond acceptors (Lipinski definition) is 5. The Morgan fingerprint density at radius 3 is 2.86 bits per heavy atom. The van der Waals surface area contributed by atoms with Crippen molar-refractivity contribution >= 4 is 5.97 Å². The van der Waals surface area contributed by atoms with E-state index >= 15 is 0 Å². The molecule has 0 fully saturated rings. The van der Waals surface area contributed by atoms with Gasteiger partial charge in [0.15, 0.2) is 18.1 Å². The Morgan fingerprint density at radius 1 is 1.32 bits per heavy atom. The van der Waals surface area contributed by atoms with E-state index < -0.39 is 5.97 Å². The van der Waals surface area contributed by atoms with Gasteiger partial charge < -0.3 is 14.2 Å². The minimum atomic E-state index is -0.508. The molecule has 0 aliphatic heterocycles. The van der Waals surface area contributed by atoms with Crippen molar-refractivity contribution in [3.63, 3.8) is 0 Å². The second-order valence-corrected chi connectivity index (χ2v) is 4.30. The first-order valence-electron chi connectivity index (χ1n) is 6.55. The van der Waals surface area contributed by atoms with E-state index in [4.69, 9.17) is 20.6 Å². The van der Waals surface area contributed by atoms with Gasteiger partial charge in [-0.05, 0) is 24.3 Å². The molecule has 0 unspecified atom stereocenters. The highest BCUT2D eigenvalue weighted by atomic mass is 16.5. The Balaban J connectivity index is 2.14. The van der Waals surface area contributed by atoms with Crippen LogP contribution in [0.4, 0.5) is 0 Å². The van der Waals surface area contributed by atoms with Crippen molar-refractivity contribution in [1.82, 2.24) is 4.98 Å². The third-order valence-electron chi connectivity index (χ3n) is 2.80. The number of pyridine rings is 1. The highest BCUT2D eigenvalue weighted by molar-refractivity contribution is 5.90. The average molecular weight is 297 g/mol. The first kappa shape index (κ1) is 15.4. The second-order valence-electron chi connectivity index (χ2n) is 4.30. The minimum absolute atomic E-state index is 0.0727. The number of esters is 1. The summed E-state index contributed by atoms with van der Waals surface area (Å²) in [4.78, 5) is 15.8. The van der Waals surface area contributed by atoms with Crippen LogP contribution in [0.2, 0.25) is 0 Å². The smallest absolute Gasteiger partial charge is 0.339 e. The number of rotatable bonds is 6. The second kappa shape index (κ2) is 7.70. The van der Waals surface area contributed by atoms with Gasteiger partial charge in [0.25, 0.3) is 0 Å². The van der Waals surface area contributed by atoms with Gasteiger partial charge in [0.1, 0.15) is 6.61 Å². The monoisotopic (exact) mass is 297 g/mol. The molecule has 112 valence electrons. The molecule has 1 aromatic carbocycles. The summed E-state index contributed by atoms with van der Waals surface area (Å²) in [5, 5.41) is 0. The number of carbonyl (C=O) groups is 1. The van der Waals surface area contributed by atoms with Gasteiger partial charge in [-0.15, -0.1) is 6.42 Å². The zero-order valence-electron chi connectivity index (χ0n) is 12.1. The first-order valence-corrected chi connectivity index (χ1v) is 6.55. The summed E-state index contributed by atoms with van der Waals surface area (Å²) in [6.07, 6.45) is 8.46. The van der Waals surface area contributed by atoms with E-state index in [2.05, 4.69) is 10.9 Å². The molecule has 0 aliphatic rings. The maximum Gasteiger partial charge on any atom is 0.339 e. The van der Waals surface area contributed by atoms with Gasteiger partial charge in [0.05, 0.1) is 12.7 Å². The molecule has 2 aromatic rings. The fourth-order valence-electron chi connectivity index (χ4n) is 1.75. The molecule has 5 nitrogen and oxygen atoms in total. The molecular formula is C17H15NO4. The molecule has 0 saturated heterocycles. The summed E-state index contributed by atoms with van der Waals surface area (Å²) < 4.78 is 15.8. The Morgan fingerprint density at radius 2 is 2.18 bits per heavy atom. The molecule has 0 bridgehead atoms. The van der Waals surface area contributed by atoms with Gasteiger partial charge in [0, 0.05) is 18.0 Å². The first-order chi connectivity index (χ1) is 10.7. The van der Waals surface area contributed by atoms with E-state index in [1.807, 2.05) is 12.1 Å². The molecule has 1 heterocycles. The molecule has 0 amide bonds. The minimum Gasteiger partial charge on any atom is -0.493 e. The van der Waals surface area contributed by atoms with Crippen LogP contribution in [-0.4, -0.2) is 24.7 Å². The fourth-order valence-corrected chi connectivity index (χ4v) is 1.75. The van der Waals surface area contributed by atoms with Crippen LogP contribution < -0.4 is 9.47 Å². The summed E-state index contributed by atoms with van der Waals surface area (Å²) in [7, 11) is 1.53. The molecule has 0 radical (unpaired) electrons. The lowest BCUT2D eigenvalue weighted by Gasteiger charge is -2.12. The van der Waals surface area contributed by atoms with Crippen LogP contribution in [0.3, 0.4) is 0 Å². The molecule has 5 heteroatoms. The molecule has 0 saturated carbocycles. The lowest BCUT2D eigenvalue weighted by Crippen LogP contribution is -2.06. The van der Waals surface area contributed by atoms with Crippen LogP contribution in [0.15, 0.2) is 42.7 Å². The lowest BCUT2D eigenvalue weighted by atomic mass is 10.2. The summed E-state index contributed by atoms with van der Waals surface area (Å²) in [5.41, 5.74) is 1.25. The maximum absolute atomic E-state index is 11.8. The van der Waals surface area contributed by atoms with Gasteiger partial charge in [-0.25, -0.2) is 4.79 Å². The van der Waals surface area contributed by atoms with Crippen LogP contribution in [0.1, 0.15) is 15.9 Å². The predicted octanol–water partition coefficient (Wildman–Crippen LogP) is 2.46. The van der Waals surface area contributed by atoms with E-state index in [1.54, 1.807) is 30.6 Å². The molecule has 22 heavy (non-hydrogen) atoms. The highest BCUT2D eigenvalue weighted by Gasteiger charge is 2.12. The van der Waals surface area contributed by atoms with E-state index in [1.165, 1.54) is 7.11 Å². The number of ether oxygens (including phenoxy) is 3. The number of hydrogen-bond donors (Lipinski definition) is 0. The van der Waals surface area contributed by atoms with Crippen molar-refractivity contribution in [2.75, 3.05) is 13.7 Å². The van der Waals surface area contributed by atoms with Crippen molar-refractivity contribution in [1.29, 1.82) is 0 Å². The number of terminal acetylenes is 1. The van der Waals surface area contributed by atoms with Crippen molar-refractivity contribution in [2.24, 2.45) is 0 Å². The van der Waals surface area contributed by atoms with Gasteiger partial charge in [-0.2, -0.15) is 0 Å². The molecule has 0 aliphatic carbocycles. The number of nitrogens with zero attached hydrogens (tertiary/aromatic N) is 1. The summed E-state index contributed by atoms with van der Waals surface area (Å²) in [6.45, 7) is 0.240. The predicted molar refractivity (Wildman–Crippen MR) is 80.7 cm³/mol. The van der Waals surface area contributed by atoms with E-state index in [0.29, 0.717) is 23.7 Å². The van der Waals surface area contributed by atoms with Crippen molar-refractivity contribution in [3.05, 3.63) is 53.9 Å². The van der Waals surface area contributed by atoms with Crippen molar-refractivity contribution in [3.8, 4) is 23.8 Å². The largest absolute Gasteiger partial charge is 0.493 e. The third-order valence-corrected chi connectivity index (χ3v) is 2.80. The number of benzene rings is 1. The van der Waals surface area contributed by atoms with Gasteiger partial charge in [-0.3, -0.25) is 4.98 Å². The summed E-state index contributed by atoms with van der Waals surface area (Å²) in [6, 6.07) is 8.52. The van der Waals surface area contributed by atoms with Crippen LogP contribution in [0.5, 0.6) is 11.5 Å². The summed E-state index contributed by atoms with van der Waals surface area (Å²) >= 11 is 0. The van der Waals surface area contributed by atoms with Gasteiger partial charge in [0.2, 0.25) is 0 Å². The van der Waals surface area contributed by atoms with Crippen LogP contribution >= 0.6 is 0 Å². The number of carbonyl (C=O) groups excluding carboxylic acids is 1. The van der Waals surface area contributed by atoms with Crippen LogP contribution in [0.25, 0.3) is 0 Å². The Labute approximate surface area is 128 Å². The third kappa shape index (κ3) is 4.00. The molecule has 0 spiro atoms. The maximum atomic E-state index is 11.8. The molecule has 1 aromatic heterocycles. The number of methoxy groups -OCH3 is 1. The van der Waals surface area contributed by atoms with E-state index in [0.717, 1.165) is 5.56 Å². The SMILES string of the molecule is C#CCOC(=O)c1ccc(OC)c(OCc2cccnc2)c1. The Hall–Kier alpha value is -3.00. The molecular weight excluding hydrogens is 282 g/mol. The van der Waals surface area contributed by atoms with Crippen LogP contribution in [0, 0.1) is 12.3 Å². The van der Waals surface area contributed by atoms with E-state index in [-0.39, 0.29) is 6.61 Å². The molecule has 0 N–H and O–H groups in total. The molecule has 2 rings (SSSR count). The topological polar surface area (TPSA) is 57.7 Å². The quantitative estimate of drug-likeness (QED) is 0.605. The average Bonchev–Trinajstić information content (AvgIpc) is 2.58. The Bertz CT molecular complexity index is 677. The van der Waals surface area contributed by atoms with Crippen molar-refractivity contribution < 1.29 is 19.0 Å². The molecule has 0 atom stereocenters. The van der Waals surface area contributed by atoms with Gasteiger partial charge >= 0.3 is 5.97 Å². The normalized spacial score (nSPS) is 9.64. The van der Waals surface area contributed by atoms with E-state index in [9.17, 15) is 4.79 Å².